The van der Waals surface area contributed by atoms with Crippen molar-refractivity contribution in [1.82, 2.24) is 9.88 Å². The third kappa shape index (κ3) is 6.71. The number of amides is 1. The molecular weight excluding hydrogens is 364 g/mol. The van der Waals surface area contributed by atoms with Gasteiger partial charge in [-0.15, -0.1) is 0 Å². The molecule has 1 aliphatic rings. The average Bonchev–Trinajstić information content (AvgIpc) is 2.71. The fourth-order valence-electron chi connectivity index (χ4n) is 3.13. The minimum absolute atomic E-state index is 0.253. The molecule has 2 aromatic rings. The summed E-state index contributed by atoms with van der Waals surface area (Å²) in [6.07, 6.45) is 5.35. The lowest BCUT2D eigenvalue weighted by atomic mass is 10.0. The average molecular weight is 395 g/mol. The van der Waals surface area contributed by atoms with E-state index in [-0.39, 0.29) is 6.09 Å². The predicted octanol–water partition coefficient (Wildman–Crippen LogP) is 4.87. The first-order chi connectivity index (χ1) is 13.9. The quantitative estimate of drug-likeness (QED) is 0.656. The van der Waals surface area contributed by atoms with Crippen LogP contribution >= 0.6 is 0 Å². The summed E-state index contributed by atoms with van der Waals surface area (Å²) in [5.41, 5.74) is 4.08. The molecule has 3 rings (SSSR count). The number of carbonyl (C=O) groups excluding carboxylic acids is 1. The molecular formula is C24H30N2O3. The van der Waals surface area contributed by atoms with Gasteiger partial charge in [-0.05, 0) is 50.0 Å². The van der Waals surface area contributed by atoms with Crippen LogP contribution in [0.2, 0.25) is 0 Å². The Kier molecular flexibility index (Phi) is 7.04. The van der Waals surface area contributed by atoms with Gasteiger partial charge < -0.3 is 14.4 Å². The van der Waals surface area contributed by atoms with Crippen molar-refractivity contribution >= 4 is 11.7 Å². The van der Waals surface area contributed by atoms with Gasteiger partial charge in [-0.25, -0.2) is 4.79 Å². The van der Waals surface area contributed by atoms with Crippen LogP contribution in [0, 0.1) is 0 Å². The Balaban J connectivity index is 1.46. The van der Waals surface area contributed by atoms with E-state index in [4.69, 9.17) is 9.47 Å². The Labute approximate surface area is 173 Å². The van der Waals surface area contributed by atoms with Crippen LogP contribution in [0.15, 0.2) is 54.7 Å². The van der Waals surface area contributed by atoms with Gasteiger partial charge in [-0.3, -0.25) is 4.98 Å². The van der Waals surface area contributed by atoms with Gasteiger partial charge in [-0.1, -0.05) is 42.5 Å². The van der Waals surface area contributed by atoms with Crippen LogP contribution < -0.4 is 0 Å². The molecule has 1 aromatic carbocycles. The molecule has 29 heavy (non-hydrogen) atoms. The number of hydrogen-bond acceptors (Lipinski definition) is 4. The predicted molar refractivity (Wildman–Crippen MR) is 114 cm³/mol. The topological polar surface area (TPSA) is 51.7 Å². The van der Waals surface area contributed by atoms with E-state index in [1.54, 1.807) is 4.90 Å². The van der Waals surface area contributed by atoms with E-state index in [2.05, 4.69) is 35.3 Å². The molecule has 0 bridgehead atoms. The van der Waals surface area contributed by atoms with Gasteiger partial charge in [0.2, 0.25) is 0 Å². The zero-order chi connectivity index (χ0) is 20.7. The molecule has 0 saturated carbocycles. The van der Waals surface area contributed by atoms with Crippen LogP contribution in [-0.2, 0) is 22.5 Å². The van der Waals surface area contributed by atoms with Gasteiger partial charge in [-0.2, -0.15) is 0 Å². The summed E-state index contributed by atoms with van der Waals surface area (Å²) in [6, 6.07) is 14.3. The highest BCUT2D eigenvalue weighted by Crippen LogP contribution is 2.23. The number of carbonyl (C=O) groups is 1. The first-order valence-electron chi connectivity index (χ1n) is 10.1. The van der Waals surface area contributed by atoms with Gasteiger partial charge in [0.1, 0.15) is 5.60 Å². The van der Waals surface area contributed by atoms with Crippen molar-refractivity contribution in [1.29, 1.82) is 0 Å². The lowest BCUT2D eigenvalue weighted by Crippen LogP contribution is -2.39. The number of nitrogens with zero attached hydrogens (tertiary/aromatic N) is 2. The standard InChI is InChI=1S/C24H30N2O3/c1-24(2,3)29-23(27)26-14-11-20(12-15-26)21-9-10-22(25-17-21)13-16-28-18-19-7-5-4-6-8-19/h4-11,17H,12-16,18H2,1-3H3. The number of aromatic nitrogens is 1. The summed E-state index contributed by atoms with van der Waals surface area (Å²) in [7, 11) is 0. The molecule has 0 aliphatic carbocycles. The third-order valence-corrected chi connectivity index (χ3v) is 4.67. The second-order valence-electron chi connectivity index (χ2n) is 8.23. The lowest BCUT2D eigenvalue weighted by Gasteiger charge is -2.29. The smallest absolute Gasteiger partial charge is 0.410 e. The van der Waals surface area contributed by atoms with Crippen molar-refractivity contribution in [3.63, 3.8) is 0 Å². The molecule has 0 radical (unpaired) electrons. The summed E-state index contributed by atoms with van der Waals surface area (Å²) in [5.74, 6) is 0. The van der Waals surface area contributed by atoms with Gasteiger partial charge in [0.05, 0.1) is 13.2 Å². The van der Waals surface area contributed by atoms with Crippen LogP contribution in [0.4, 0.5) is 4.79 Å². The maximum absolute atomic E-state index is 12.2. The van der Waals surface area contributed by atoms with Gasteiger partial charge in [0.25, 0.3) is 0 Å². The minimum Gasteiger partial charge on any atom is -0.444 e. The van der Waals surface area contributed by atoms with Crippen molar-refractivity contribution in [2.24, 2.45) is 0 Å². The van der Waals surface area contributed by atoms with E-state index in [0.29, 0.717) is 26.3 Å². The molecule has 1 aromatic heterocycles. The zero-order valence-electron chi connectivity index (χ0n) is 17.6. The highest BCUT2D eigenvalue weighted by molar-refractivity contribution is 5.72. The van der Waals surface area contributed by atoms with E-state index in [0.717, 1.165) is 24.1 Å². The molecule has 2 heterocycles. The van der Waals surface area contributed by atoms with Crippen molar-refractivity contribution in [2.45, 2.75) is 45.8 Å². The van der Waals surface area contributed by atoms with E-state index in [9.17, 15) is 4.79 Å². The molecule has 0 spiro atoms. The van der Waals surface area contributed by atoms with Gasteiger partial charge >= 0.3 is 6.09 Å². The Morgan fingerprint density at radius 2 is 1.93 bits per heavy atom. The molecule has 0 N–H and O–H groups in total. The highest BCUT2D eigenvalue weighted by Gasteiger charge is 2.23. The molecule has 0 unspecified atom stereocenters. The van der Waals surface area contributed by atoms with Crippen LogP contribution in [0.1, 0.15) is 44.0 Å². The molecule has 1 aliphatic heterocycles. The van der Waals surface area contributed by atoms with E-state index in [1.165, 1.54) is 11.1 Å². The van der Waals surface area contributed by atoms with Gasteiger partial charge in [0.15, 0.2) is 0 Å². The molecule has 0 saturated heterocycles. The molecule has 5 heteroatoms. The van der Waals surface area contributed by atoms with Crippen LogP contribution in [-0.4, -0.2) is 41.3 Å². The van der Waals surface area contributed by atoms with Crippen LogP contribution in [0.25, 0.3) is 5.57 Å². The largest absolute Gasteiger partial charge is 0.444 e. The monoisotopic (exact) mass is 394 g/mol. The zero-order valence-corrected chi connectivity index (χ0v) is 17.6. The Bertz CT molecular complexity index is 823. The van der Waals surface area contributed by atoms with E-state index < -0.39 is 5.60 Å². The van der Waals surface area contributed by atoms with Gasteiger partial charge in [0, 0.05) is 31.4 Å². The second kappa shape index (κ2) is 9.70. The molecule has 0 atom stereocenters. The Morgan fingerprint density at radius 3 is 2.55 bits per heavy atom. The fraction of sp³-hybridized carbons (Fsp3) is 0.417. The Morgan fingerprint density at radius 1 is 1.14 bits per heavy atom. The van der Waals surface area contributed by atoms with Crippen molar-refractivity contribution in [3.05, 3.63) is 71.6 Å². The highest BCUT2D eigenvalue weighted by atomic mass is 16.6. The molecule has 1 amide bonds. The van der Waals surface area contributed by atoms with Crippen LogP contribution in [0.3, 0.4) is 0 Å². The first kappa shape index (κ1) is 21.1. The van der Waals surface area contributed by atoms with E-state index >= 15 is 0 Å². The van der Waals surface area contributed by atoms with Crippen LogP contribution in [0.5, 0.6) is 0 Å². The minimum atomic E-state index is -0.467. The van der Waals surface area contributed by atoms with Crippen molar-refractivity contribution in [3.8, 4) is 0 Å². The molecule has 154 valence electrons. The van der Waals surface area contributed by atoms with Crippen molar-refractivity contribution < 1.29 is 14.3 Å². The summed E-state index contributed by atoms with van der Waals surface area (Å²) in [6.45, 7) is 8.16. The van der Waals surface area contributed by atoms with E-state index in [1.807, 2.05) is 45.2 Å². The lowest BCUT2D eigenvalue weighted by molar-refractivity contribution is 0.0270. The van der Waals surface area contributed by atoms with Crippen molar-refractivity contribution in [2.75, 3.05) is 19.7 Å². The Hall–Kier alpha value is -2.66. The maximum atomic E-state index is 12.2. The number of benzene rings is 1. The molecule has 5 nitrogen and oxygen atoms in total. The molecule has 0 fully saturated rings. The number of rotatable bonds is 6. The number of ether oxygens (including phenoxy) is 2. The fourth-order valence-corrected chi connectivity index (χ4v) is 3.13. The normalized spacial score (nSPS) is 14.4. The SMILES string of the molecule is CC(C)(C)OC(=O)N1CC=C(c2ccc(CCOCc3ccccc3)nc2)CC1. The maximum Gasteiger partial charge on any atom is 0.410 e. The summed E-state index contributed by atoms with van der Waals surface area (Å²) >= 11 is 0. The number of pyridine rings is 1. The summed E-state index contributed by atoms with van der Waals surface area (Å²) in [5, 5.41) is 0. The third-order valence-electron chi connectivity index (χ3n) is 4.67. The first-order valence-corrected chi connectivity index (χ1v) is 10.1. The number of hydrogen-bond donors (Lipinski definition) is 0. The summed E-state index contributed by atoms with van der Waals surface area (Å²) < 4.78 is 11.2. The second-order valence-corrected chi connectivity index (χ2v) is 8.23. The summed E-state index contributed by atoms with van der Waals surface area (Å²) in [4.78, 5) is 18.5.